The molecule has 4 heteroatoms. The van der Waals surface area contributed by atoms with Crippen LogP contribution in [-0.4, -0.2) is 11.1 Å². The summed E-state index contributed by atoms with van der Waals surface area (Å²) < 4.78 is 3.29. The Labute approximate surface area is 108 Å². The van der Waals surface area contributed by atoms with Crippen molar-refractivity contribution in [2.75, 3.05) is 6.54 Å². The van der Waals surface area contributed by atoms with Crippen LogP contribution < -0.4 is 5.32 Å². The maximum atomic E-state index is 3.48. The minimum Gasteiger partial charge on any atom is -0.357 e. The highest BCUT2D eigenvalue weighted by Gasteiger charge is 1.98. The summed E-state index contributed by atoms with van der Waals surface area (Å²) in [7, 11) is 2.05. The van der Waals surface area contributed by atoms with Crippen LogP contribution in [0.25, 0.3) is 0 Å². The van der Waals surface area contributed by atoms with E-state index in [1.54, 1.807) is 0 Å². The molecule has 0 bridgehead atoms. The van der Waals surface area contributed by atoms with Gasteiger partial charge in [0.25, 0.3) is 0 Å². The van der Waals surface area contributed by atoms with Crippen molar-refractivity contribution < 1.29 is 0 Å². The molecule has 2 nitrogen and oxygen atoms in total. The Morgan fingerprint density at radius 2 is 2.25 bits per heavy atom. The quantitative estimate of drug-likeness (QED) is 0.839. The average molecular weight is 299 g/mol. The lowest BCUT2D eigenvalue weighted by molar-refractivity contribution is 0.689. The van der Waals surface area contributed by atoms with Gasteiger partial charge in [0.15, 0.2) is 0 Å². The molecule has 2 rings (SSSR count). The molecule has 0 spiro atoms. The highest BCUT2D eigenvalue weighted by Crippen LogP contribution is 2.22. The molecular formula is C12H15BrN2S. The fourth-order valence-corrected chi connectivity index (χ4v) is 3.08. The van der Waals surface area contributed by atoms with Gasteiger partial charge < -0.3 is 9.88 Å². The smallest absolute Gasteiger partial charge is 0.0701 e. The van der Waals surface area contributed by atoms with Crippen molar-refractivity contribution in [3.05, 3.63) is 44.8 Å². The number of aryl methyl sites for hydroxylation is 1. The van der Waals surface area contributed by atoms with Crippen LogP contribution in [0, 0.1) is 0 Å². The number of halogens is 1. The molecule has 2 aromatic rings. The van der Waals surface area contributed by atoms with Gasteiger partial charge >= 0.3 is 0 Å². The largest absolute Gasteiger partial charge is 0.357 e. The Kier molecular flexibility index (Phi) is 4.21. The first-order valence-electron chi connectivity index (χ1n) is 5.30. The van der Waals surface area contributed by atoms with Gasteiger partial charge in [0.2, 0.25) is 0 Å². The summed E-state index contributed by atoms with van der Waals surface area (Å²) in [6.45, 7) is 1.98. The zero-order chi connectivity index (χ0) is 11.4. The van der Waals surface area contributed by atoms with Crippen molar-refractivity contribution in [1.82, 2.24) is 9.88 Å². The van der Waals surface area contributed by atoms with Crippen molar-refractivity contribution >= 4 is 27.3 Å². The summed E-state index contributed by atoms with van der Waals surface area (Å²) in [5.41, 5.74) is 1.34. The molecule has 0 atom stereocenters. The Morgan fingerprint density at radius 3 is 2.88 bits per heavy atom. The van der Waals surface area contributed by atoms with Crippen LogP contribution in [0.1, 0.15) is 10.4 Å². The average Bonchev–Trinajstić information content (AvgIpc) is 2.83. The third-order valence-corrected chi connectivity index (χ3v) is 4.08. The van der Waals surface area contributed by atoms with Crippen molar-refractivity contribution in [2.24, 2.45) is 7.05 Å². The highest BCUT2D eigenvalue weighted by atomic mass is 79.9. The second kappa shape index (κ2) is 5.66. The molecule has 0 fully saturated rings. The molecule has 16 heavy (non-hydrogen) atoms. The Hall–Kier alpha value is -0.580. The van der Waals surface area contributed by atoms with Crippen LogP contribution >= 0.6 is 27.3 Å². The Morgan fingerprint density at radius 1 is 1.38 bits per heavy atom. The van der Waals surface area contributed by atoms with E-state index in [1.165, 1.54) is 14.2 Å². The number of hydrogen-bond acceptors (Lipinski definition) is 2. The zero-order valence-corrected chi connectivity index (χ0v) is 11.6. The minimum absolute atomic E-state index is 0.952. The molecule has 0 saturated carbocycles. The van der Waals surface area contributed by atoms with Gasteiger partial charge in [-0.15, -0.1) is 11.3 Å². The normalized spacial score (nSPS) is 10.9. The third kappa shape index (κ3) is 3.47. The highest BCUT2D eigenvalue weighted by molar-refractivity contribution is 9.11. The SMILES string of the molecule is Cn1ccc(CNCCc2ccc(Br)s2)c1. The van der Waals surface area contributed by atoms with Gasteiger partial charge in [0.1, 0.15) is 0 Å². The Balaban J connectivity index is 1.69. The van der Waals surface area contributed by atoms with Gasteiger partial charge in [-0.05, 0) is 46.1 Å². The van der Waals surface area contributed by atoms with E-state index in [2.05, 4.69) is 56.4 Å². The molecule has 2 heterocycles. The van der Waals surface area contributed by atoms with Crippen molar-refractivity contribution in [2.45, 2.75) is 13.0 Å². The molecule has 0 amide bonds. The predicted molar refractivity (Wildman–Crippen MR) is 72.8 cm³/mol. The second-order valence-electron chi connectivity index (χ2n) is 3.82. The van der Waals surface area contributed by atoms with Gasteiger partial charge in [0.05, 0.1) is 3.79 Å². The lowest BCUT2D eigenvalue weighted by Gasteiger charge is -2.01. The summed E-state index contributed by atoms with van der Waals surface area (Å²) in [5, 5.41) is 3.45. The van der Waals surface area contributed by atoms with Crippen molar-refractivity contribution in [3.63, 3.8) is 0 Å². The number of thiophene rings is 1. The van der Waals surface area contributed by atoms with Gasteiger partial charge in [-0.25, -0.2) is 0 Å². The lowest BCUT2D eigenvalue weighted by atomic mass is 10.3. The minimum atomic E-state index is 0.952. The molecule has 0 aromatic carbocycles. The third-order valence-electron chi connectivity index (χ3n) is 2.40. The number of nitrogens with zero attached hydrogens (tertiary/aromatic N) is 1. The summed E-state index contributed by atoms with van der Waals surface area (Å²) in [5.74, 6) is 0. The van der Waals surface area contributed by atoms with E-state index >= 15 is 0 Å². The van der Waals surface area contributed by atoms with Crippen LogP contribution in [0.15, 0.2) is 34.4 Å². The van der Waals surface area contributed by atoms with E-state index in [4.69, 9.17) is 0 Å². The monoisotopic (exact) mass is 298 g/mol. The number of rotatable bonds is 5. The van der Waals surface area contributed by atoms with E-state index < -0.39 is 0 Å². The van der Waals surface area contributed by atoms with Gasteiger partial charge in [-0.1, -0.05) is 0 Å². The van der Waals surface area contributed by atoms with E-state index in [0.29, 0.717) is 0 Å². The fraction of sp³-hybridized carbons (Fsp3) is 0.333. The topological polar surface area (TPSA) is 17.0 Å². The predicted octanol–water partition coefficient (Wildman–Crippen LogP) is 3.18. The standard InChI is InChI=1S/C12H15BrN2S/c1-15-7-5-10(9-15)8-14-6-4-11-2-3-12(13)16-11/h2-3,5,7,9,14H,4,6,8H2,1H3. The molecule has 0 aliphatic rings. The summed E-state index contributed by atoms with van der Waals surface area (Å²) in [6.07, 6.45) is 5.32. The molecule has 0 aliphatic carbocycles. The molecule has 1 N–H and O–H groups in total. The number of hydrogen-bond donors (Lipinski definition) is 1. The van der Waals surface area contributed by atoms with Crippen molar-refractivity contribution in [1.29, 1.82) is 0 Å². The van der Waals surface area contributed by atoms with Crippen molar-refractivity contribution in [3.8, 4) is 0 Å². The molecule has 86 valence electrons. The molecule has 0 radical (unpaired) electrons. The molecular weight excluding hydrogens is 284 g/mol. The molecule has 0 unspecified atom stereocenters. The summed E-state index contributed by atoms with van der Waals surface area (Å²) >= 11 is 5.29. The van der Waals surface area contributed by atoms with E-state index in [0.717, 1.165) is 19.5 Å². The Bertz CT molecular complexity index is 405. The van der Waals surface area contributed by atoms with Crippen LogP contribution in [0.5, 0.6) is 0 Å². The van der Waals surface area contributed by atoms with Crippen LogP contribution in [-0.2, 0) is 20.0 Å². The van der Waals surface area contributed by atoms with E-state index in [-0.39, 0.29) is 0 Å². The maximum Gasteiger partial charge on any atom is 0.0701 e. The molecule has 2 aromatic heterocycles. The fourth-order valence-electron chi connectivity index (χ4n) is 1.60. The summed E-state index contributed by atoms with van der Waals surface area (Å²) in [6, 6.07) is 6.44. The van der Waals surface area contributed by atoms with Crippen LogP contribution in [0.3, 0.4) is 0 Å². The molecule has 0 aliphatic heterocycles. The van der Waals surface area contributed by atoms with Gasteiger partial charge in [-0.2, -0.15) is 0 Å². The van der Waals surface area contributed by atoms with Crippen LogP contribution in [0.2, 0.25) is 0 Å². The van der Waals surface area contributed by atoms with Gasteiger partial charge in [-0.3, -0.25) is 0 Å². The first kappa shape index (κ1) is 11.9. The number of aromatic nitrogens is 1. The van der Waals surface area contributed by atoms with E-state index in [1.807, 2.05) is 18.4 Å². The maximum absolute atomic E-state index is 3.48. The first-order chi connectivity index (χ1) is 7.74. The van der Waals surface area contributed by atoms with E-state index in [9.17, 15) is 0 Å². The first-order valence-corrected chi connectivity index (χ1v) is 6.91. The second-order valence-corrected chi connectivity index (χ2v) is 6.37. The summed E-state index contributed by atoms with van der Waals surface area (Å²) in [4.78, 5) is 1.42. The lowest BCUT2D eigenvalue weighted by Crippen LogP contribution is -2.15. The number of nitrogens with one attached hydrogen (secondary N) is 1. The van der Waals surface area contributed by atoms with Crippen LogP contribution in [0.4, 0.5) is 0 Å². The zero-order valence-electron chi connectivity index (χ0n) is 9.24. The van der Waals surface area contributed by atoms with Gasteiger partial charge in [0, 0.05) is 37.4 Å². The molecule has 0 saturated heterocycles.